The summed E-state index contributed by atoms with van der Waals surface area (Å²) >= 11 is 4.00. The molecule has 13 heavy (non-hydrogen) atoms. The maximum Gasteiger partial charge on any atom is 0.112 e. The fraction of sp³-hybridized carbons (Fsp3) is 0.250. The van der Waals surface area contributed by atoms with Crippen LogP contribution in [0.15, 0.2) is 29.4 Å². The molecule has 0 heterocycles. The van der Waals surface area contributed by atoms with E-state index in [0.29, 0.717) is 11.4 Å². The Labute approximate surface area is 85.9 Å². The first kappa shape index (κ1) is 10.6. The molecule has 0 saturated heterocycles. The Kier molecular flexibility index (Phi) is 4.27. The molecule has 0 aliphatic heterocycles. The molecule has 1 aromatic rings. The Hall–Kier alpha value is -0.520. The maximum atomic E-state index is 10.4. The molecule has 0 spiro atoms. The van der Waals surface area contributed by atoms with Crippen molar-refractivity contribution in [3.63, 3.8) is 0 Å². The fourth-order valence-corrected chi connectivity index (χ4v) is 1.88. The Morgan fingerprint density at radius 1 is 1.54 bits per heavy atom. The number of nitrogens with zero attached hydrogens (tertiary/aromatic N) is 1. The van der Waals surface area contributed by atoms with Gasteiger partial charge in [-0.05, 0) is 16.8 Å². The van der Waals surface area contributed by atoms with Crippen molar-refractivity contribution in [2.75, 3.05) is 5.75 Å². The Balaban J connectivity index is 2.91. The Morgan fingerprint density at radius 3 is 2.85 bits per heavy atom. The molecule has 2 N–H and O–H groups in total. The van der Waals surface area contributed by atoms with Crippen LogP contribution in [0.4, 0.5) is 5.69 Å². The highest BCUT2D eigenvalue weighted by molar-refractivity contribution is 8.68. The summed E-state index contributed by atoms with van der Waals surface area (Å²) in [5, 5.41) is 2.91. The highest BCUT2D eigenvalue weighted by atomic mass is 33.1. The van der Waals surface area contributed by atoms with Crippen LogP contribution in [0.5, 0.6) is 0 Å². The van der Waals surface area contributed by atoms with Crippen molar-refractivity contribution in [2.45, 2.75) is 6.04 Å². The minimum atomic E-state index is -0.184. The maximum absolute atomic E-state index is 10.4. The van der Waals surface area contributed by atoms with Gasteiger partial charge in [-0.2, -0.15) is 0 Å². The van der Waals surface area contributed by atoms with E-state index in [1.165, 1.54) is 10.8 Å². The molecule has 1 rings (SSSR count). The standard InChI is InChI=1S/C8H10N2OS2/c9-7(5-13-12)6-3-1-2-4-8(6)10-11/h1-4,7,12H,5,9H2. The molecule has 1 unspecified atom stereocenters. The van der Waals surface area contributed by atoms with Gasteiger partial charge in [-0.15, -0.1) is 16.6 Å². The third kappa shape index (κ3) is 2.72. The van der Waals surface area contributed by atoms with Crippen molar-refractivity contribution in [1.29, 1.82) is 0 Å². The number of benzene rings is 1. The van der Waals surface area contributed by atoms with Crippen molar-refractivity contribution < 1.29 is 0 Å². The van der Waals surface area contributed by atoms with Gasteiger partial charge in [0.25, 0.3) is 0 Å². The molecule has 0 saturated carbocycles. The van der Waals surface area contributed by atoms with Gasteiger partial charge in [-0.1, -0.05) is 29.0 Å². The van der Waals surface area contributed by atoms with Crippen LogP contribution in [-0.4, -0.2) is 5.75 Å². The summed E-state index contributed by atoms with van der Waals surface area (Å²) in [5.74, 6) is 0.662. The van der Waals surface area contributed by atoms with Crippen LogP contribution in [0.25, 0.3) is 0 Å². The largest absolute Gasteiger partial charge is 0.323 e. The van der Waals surface area contributed by atoms with Gasteiger partial charge in [0, 0.05) is 11.8 Å². The van der Waals surface area contributed by atoms with Gasteiger partial charge >= 0.3 is 0 Å². The molecule has 5 heteroatoms. The summed E-state index contributed by atoms with van der Waals surface area (Å²) in [4.78, 5) is 10.4. The molecular formula is C8H10N2OS2. The second-order valence-electron chi connectivity index (χ2n) is 2.55. The van der Waals surface area contributed by atoms with E-state index < -0.39 is 0 Å². The van der Waals surface area contributed by atoms with E-state index in [-0.39, 0.29) is 6.04 Å². The van der Waals surface area contributed by atoms with E-state index in [1.807, 2.05) is 12.1 Å². The summed E-state index contributed by atoms with van der Waals surface area (Å²) in [7, 11) is 1.35. The molecule has 0 amide bonds. The number of thiol groups is 1. The van der Waals surface area contributed by atoms with E-state index in [1.54, 1.807) is 12.1 Å². The SMILES string of the molecule is NC(CSS)c1ccccc1N=O. The monoisotopic (exact) mass is 214 g/mol. The molecule has 0 aliphatic carbocycles. The predicted octanol–water partition coefficient (Wildman–Crippen LogP) is 2.66. The van der Waals surface area contributed by atoms with E-state index in [2.05, 4.69) is 16.8 Å². The van der Waals surface area contributed by atoms with Crippen molar-refractivity contribution >= 4 is 28.1 Å². The highest BCUT2D eigenvalue weighted by Gasteiger charge is 2.10. The minimum absolute atomic E-state index is 0.184. The average Bonchev–Trinajstić information content (AvgIpc) is 2.18. The number of nitrogens with two attached hydrogens (primary N) is 1. The second kappa shape index (κ2) is 5.26. The molecule has 0 fully saturated rings. The van der Waals surface area contributed by atoms with E-state index >= 15 is 0 Å². The Morgan fingerprint density at radius 2 is 2.23 bits per heavy atom. The van der Waals surface area contributed by atoms with Crippen molar-refractivity contribution in [3.8, 4) is 0 Å². The number of hydrogen-bond acceptors (Lipinski definition) is 5. The topological polar surface area (TPSA) is 55.4 Å². The lowest BCUT2D eigenvalue weighted by molar-refractivity contribution is 0.834. The normalized spacial score (nSPS) is 12.5. The molecule has 1 aromatic carbocycles. The van der Waals surface area contributed by atoms with Gasteiger partial charge in [0.15, 0.2) is 0 Å². The molecule has 0 radical (unpaired) electrons. The molecule has 70 valence electrons. The molecule has 0 bridgehead atoms. The van der Waals surface area contributed by atoms with E-state index in [0.717, 1.165) is 5.56 Å². The Bertz CT molecular complexity index is 293. The van der Waals surface area contributed by atoms with Gasteiger partial charge in [-0.25, -0.2) is 0 Å². The van der Waals surface area contributed by atoms with Crippen LogP contribution >= 0.6 is 22.5 Å². The summed E-state index contributed by atoms with van der Waals surface area (Å²) < 4.78 is 0. The van der Waals surface area contributed by atoms with Crippen LogP contribution < -0.4 is 5.73 Å². The fourth-order valence-electron chi connectivity index (χ4n) is 1.05. The lowest BCUT2D eigenvalue weighted by Gasteiger charge is -2.10. The first-order valence-electron chi connectivity index (χ1n) is 3.74. The molecule has 3 nitrogen and oxygen atoms in total. The van der Waals surface area contributed by atoms with Gasteiger partial charge in [-0.3, -0.25) is 0 Å². The van der Waals surface area contributed by atoms with Crippen molar-refractivity contribution in [1.82, 2.24) is 0 Å². The molecular weight excluding hydrogens is 204 g/mol. The smallest absolute Gasteiger partial charge is 0.112 e. The van der Waals surface area contributed by atoms with Gasteiger partial charge in [0.05, 0.1) is 0 Å². The summed E-state index contributed by atoms with van der Waals surface area (Å²) in [6, 6.07) is 6.89. The third-order valence-corrected chi connectivity index (χ3v) is 2.64. The zero-order chi connectivity index (χ0) is 9.68. The van der Waals surface area contributed by atoms with Crippen LogP contribution in [0.2, 0.25) is 0 Å². The molecule has 0 aromatic heterocycles. The second-order valence-corrected chi connectivity index (χ2v) is 3.92. The zero-order valence-corrected chi connectivity index (χ0v) is 8.59. The number of rotatable bonds is 4. The lowest BCUT2D eigenvalue weighted by atomic mass is 10.1. The third-order valence-electron chi connectivity index (χ3n) is 1.69. The molecule has 0 aliphatic rings. The van der Waals surface area contributed by atoms with Crippen LogP contribution in [0, 0.1) is 4.91 Å². The summed E-state index contributed by atoms with van der Waals surface area (Å²) in [6.45, 7) is 0. The van der Waals surface area contributed by atoms with Gasteiger partial charge < -0.3 is 5.73 Å². The molecule has 1 atom stereocenters. The quantitative estimate of drug-likeness (QED) is 0.460. The van der Waals surface area contributed by atoms with Gasteiger partial charge in [0.2, 0.25) is 0 Å². The zero-order valence-electron chi connectivity index (χ0n) is 6.88. The summed E-state index contributed by atoms with van der Waals surface area (Å²) in [5.41, 5.74) is 7.00. The van der Waals surface area contributed by atoms with Crippen molar-refractivity contribution in [2.24, 2.45) is 10.9 Å². The first-order chi connectivity index (χ1) is 6.29. The minimum Gasteiger partial charge on any atom is -0.323 e. The summed E-state index contributed by atoms with van der Waals surface area (Å²) in [6.07, 6.45) is 0. The van der Waals surface area contributed by atoms with Crippen LogP contribution in [-0.2, 0) is 0 Å². The van der Waals surface area contributed by atoms with Crippen molar-refractivity contribution in [3.05, 3.63) is 34.7 Å². The van der Waals surface area contributed by atoms with Crippen LogP contribution in [0.3, 0.4) is 0 Å². The van der Waals surface area contributed by atoms with E-state index in [4.69, 9.17) is 5.73 Å². The first-order valence-corrected chi connectivity index (χ1v) is 5.77. The van der Waals surface area contributed by atoms with Crippen LogP contribution in [0.1, 0.15) is 11.6 Å². The average molecular weight is 214 g/mol. The number of nitroso groups, excluding NO2 is 1. The van der Waals surface area contributed by atoms with Gasteiger partial charge in [0.1, 0.15) is 5.69 Å². The number of hydrogen-bond donors (Lipinski definition) is 2. The lowest BCUT2D eigenvalue weighted by Crippen LogP contribution is -2.12. The highest BCUT2D eigenvalue weighted by Crippen LogP contribution is 2.26. The predicted molar refractivity (Wildman–Crippen MR) is 60.3 cm³/mol. The van der Waals surface area contributed by atoms with E-state index in [9.17, 15) is 4.91 Å².